The first-order valence-corrected chi connectivity index (χ1v) is 7.14. The Morgan fingerprint density at radius 1 is 1.19 bits per heavy atom. The lowest BCUT2D eigenvalue weighted by atomic mass is 10.0. The average Bonchev–Trinajstić information content (AvgIpc) is 3.13. The number of hydrogen-bond acceptors (Lipinski definition) is 6. The number of rotatable bonds is 4. The molecule has 6 heteroatoms. The average molecular weight is 302 g/mol. The predicted molar refractivity (Wildman–Crippen MR) is 82.8 cm³/mol. The third kappa shape index (κ3) is 2.34. The number of hydrogen-bond donors (Lipinski definition) is 1. The SMILES string of the molecule is COc1cccc(-c2c(N)noc2-c2sccc2OC)c1. The fourth-order valence-electron chi connectivity index (χ4n) is 2.14. The fraction of sp³-hybridized carbons (Fsp3) is 0.133. The van der Waals surface area contributed by atoms with E-state index in [1.807, 2.05) is 35.7 Å². The molecule has 2 aromatic heterocycles. The van der Waals surface area contributed by atoms with Crippen LogP contribution in [0.1, 0.15) is 0 Å². The molecular weight excluding hydrogens is 288 g/mol. The van der Waals surface area contributed by atoms with Crippen LogP contribution < -0.4 is 15.2 Å². The Kier molecular flexibility index (Phi) is 3.53. The lowest BCUT2D eigenvalue weighted by Gasteiger charge is -2.05. The maximum absolute atomic E-state index is 5.98. The van der Waals surface area contributed by atoms with Gasteiger partial charge in [0.15, 0.2) is 11.6 Å². The Morgan fingerprint density at radius 2 is 2.05 bits per heavy atom. The molecule has 0 aliphatic heterocycles. The minimum absolute atomic E-state index is 0.341. The number of ether oxygens (including phenoxy) is 2. The van der Waals surface area contributed by atoms with Gasteiger partial charge in [0.25, 0.3) is 0 Å². The molecule has 0 unspecified atom stereocenters. The van der Waals surface area contributed by atoms with Crippen molar-refractivity contribution in [3.63, 3.8) is 0 Å². The molecule has 3 aromatic rings. The molecule has 0 fully saturated rings. The summed E-state index contributed by atoms with van der Waals surface area (Å²) in [5.41, 5.74) is 7.61. The molecule has 21 heavy (non-hydrogen) atoms. The van der Waals surface area contributed by atoms with Crippen LogP contribution in [-0.2, 0) is 0 Å². The zero-order valence-electron chi connectivity index (χ0n) is 11.6. The van der Waals surface area contributed by atoms with E-state index in [9.17, 15) is 0 Å². The van der Waals surface area contributed by atoms with Crippen molar-refractivity contribution in [2.24, 2.45) is 0 Å². The summed E-state index contributed by atoms with van der Waals surface area (Å²) in [6.45, 7) is 0. The second-order valence-corrected chi connectivity index (χ2v) is 5.24. The van der Waals surface area contributed by atoms with Crippen LogP contribution >= 0.6 is 11.3 Å². The molecular formula is C15H14N2O3S. The summed E-state index contributed by atoms with van der Waals surface area (Å²) in [5.74, 6) is 2.43. The molecule has 108 valence electrons. The van der Waals surface area contributed by atoms with E-state index in [1.54, 1.807) is 14.2 Å². The molecule has 1 aromatic carbocycles. The van der Waals surface area contributed by atoms with Gasteiger partial charge in [0.2, 0.25) is 0 Å². The van der Waals surface area contributed by atoms with Gasteiger partial charge in [-0.05, 0) is 29.1 Å². The van der Waals surface area contributed by atoms with Gasteiger partial charge in [0, 0.05) is 0 Å². The maximum atomic E-state index is 5.98. The second kappa shape index (κ2) is 5.49. The first-order valence-electron chi connectivity index (χ1n) is 6.26. The summed E-state index contributed by atoms with van der Waals surface area (Å²) in [4.78, 5) is 0.861. The summed E-state index contributed by atoms with van der Waals surface area (Å²) in [6.07, 6.45) is 0. The van der Waals surface area contributed by atoms with E-state index in [1.165, 1.54) is 11.3 Å². The molecule has 0 bridgehead atoms. The largest absolute Gasteiger partial charge is 0.497 e. The maximum Gasteiger partial charge on any atom is 0.190 e. The number of nitrogens with zero attached hydrogens (tertiary/aromatic N) is 1. The topological polar surface area (TPSA) is 70.5 Å². The molecule has 0 saturated carbocycles. The van der Waals surface area contributed by atoms with E-state index < -0.39 is 0 Å². The summed E-state index contributed by atoms with van der Waals surface area (Å²) in [7, 11) is 3.25. The number of nitrogen functional groups attached to an aromatic ring is 1. The van der Waals surface area contributed by atoms with Crippen molar-refractivity contribution >= 4 is 17.2 Å². The van der Waals surface area contributed by atoms with Crippen LogP contribution in [0.4, 0.5) is 5.82 Å². The highest BCUT2D eigenvalue weighted by Gasteiger charge is 2.22. The highest BCUT2D eigenvalue weighted by atomic mass is 32.1. The number of nitrogens with two attached hydrogens (primary N) is 1. The summed E-state index contributed by atoms with van der Waals surface area (Å²) < 4.78 is 16.0. The third-order valence-corrected chi connectivity index (χ3v) is 4.03. The molecule has 0 aliphatic carbocycles. The Hall–Kier alpha value is -2.47. The summed E-state index contributed by atoms with van der Waals surface area (Å²) >= 11 is 1.51. The molecule has 0 aliphatic rings. The summed E-state index contributed by atoms with van der Waals surface area (Å²) in [5, 5.41) is 5.83. The minimum atomic E-state index is 0.341. The van der Waals surface area contributed by atoms with E-state index >= 15 is 0 Å². The number of aromatic nitrogens is 1. The predicted octanol–water partition coefficient (Wildman–Crippen LogP) is 3.67. The number of thiophene rings is 1. The Labute approximate surface area is 125 Å². The minimum Gasteiger partial charge on any atom is -0.497 e. The number of anilines is 1. The molecule has 0 amide bonds. The first-order chi connectivity index (χ1) is 10.2. The molecule has 2 heterocycles. The Morgan fingerprint density at radius 3 is 2.81 bits per heavy atom. The number of benzene rings is 1. The molecule has 2 N–H and O–H groups in total. The summed E-state index contributed by atoms with van der Waals surface area (Å²) in [6, 6.07) is 9.49. The van der Waals surface area contributed by atoms with Gasteiger partial charge in [-0.2, -0.15) is 0 Å². The molecule has 5 nitrogen and oxygen atoms in total. The highest BCUT2D eigenvalue weighted by Crippen LogP contribution is 2.43. The zero-order valence-corrected chi connectivity index (χ0v) is 12.4. The van der Waals surface area contributed by atoms with Gasteiger partial charge in [-0.25, -0.2) is 0 Å². The van der Waals surface area contributed by atoms with Crippen LogP contribution in [0.2, 0.25) is 0 Å². The van der Waals surface area contributed by atoms with Gasteiger partial charge in [0.1, 0.15) is 16.4 Å². The lowest BCUT2D eigenvalue weighted by Crippen LogP contribution is -1.90. The van der Waals surface area contributed by atoms with Crippen molar-refractivity contribution in [3.8, 4) is 33.3 Å². The van der Waals surface area contributed by atoms with Crippen molar-refractivity contribution in [3.05, 3.63) is 35.7 Å². The Balaban J connectivity index is 2.17. The zero-order chi connectivity index (χ0) is 14.8. The van der Waals surface area contributed by atoms with Gasteiger partial charge < -0.3 is 19.7 Å². The normalized spacial score (nSPS) is 10.6. The fourth-order valence-corrected chi connectivity index (χ4v) is 2.98. The smallest absolute Gasteiger partial charge is 0.190 e. The molecule has 0 spiro atoms. The Bertz CT molecular complexity index is 764. The van der Waals surface area contributed by atoms with E-state index in [4.69, 9.17) is 19.7 Å². The highest BCUT2D eigenvalue weighted by molar-refractivity contribution is 7.14. The monoisotopic (exact) mass is 302 g/mol. The van der Waals surface area contributed by atoms with Crippen LogP contribution in [0.15, 0.2) is 40.2 Å². The van der Waals surface area contributed by atoms with Crippen LogP contribution in [-0.4, -0.2) is 19.4 Å². The van der Waals surface area contributed by atoms with Crippen LogP contribution in [0.5, 0.6) is 11.5 Å². The van der Waals surface area contributed by atoms with Gasteiger partial charge in [-0.1, -0.05) is 17.3 Å². The van der Waals surface area contributed by atoms with Crippen molar-refractivity contribution in [1.29, 1.82) is 0 Å². The van der Waals surface area contributed by atoms with Crippen LogP contribution in [0, 0.1) is 0 Å². The van der Waals surface area contributed by atoms with E-state index in [2.05, 4.69) is 5.16 Å². The van der Waals surface area contributed by atoms with Crippen LogP contribution in [0.3, 0.4) is 0 Å². The molecule has 0 saturated heterocycles. The van der Waals surface area contributed by atoms with E-state index in [0.717, 1.165) is 27.5 Å². The second-order valence-electron chi connectivity index (χ2n) is 4.32. The van der Waals surface area contributed by atoms with Gasteiger partial charge in [0.05, 0.1) is 19.8 Å². The van der Waals surface area contributed by atoms with Crippen molar-refractivity contribution < 1.29 is 14.0 Å². The third-order valence-electron chi connectivity index (χ3n) is 3.13. The van der Waals surface area contributed by atoms with Crippen molar-refractivity contribution in [2.75, 3.05) is 20.0 Å². The first kappa shape index (κ1) is 13.5. The van der Waals surface area contributed by atoms with Crippen molar-refractivity contribution in [1.82, 2.24) is 5.16 Å². The quantitative estimate of drug-likeness (QED) is 0.796. The van der Waals surface area contributed by atoms with E-state index in [-0.39, 0.29) is 0 Å². The standard InChI is InChI=1S/C15H14N2O3S/c1-18-10-5-3-4-9(8-10)12-13(20-17-15(12)16)14-11(19-2)6-7-21-14/h3-8H,1-2H3,(H2,16,17). The van der Waals surface area contributed by atoms with Gasteiger partial charge in [-0.3, -0.25) is 0 Å². The van der Waals surface area contributed by atoms with E-state index in [0.29, 0.717) is 11.6 Å². The molecule has 3 rings (SSSR count). The number of methoxy groups -OCH3 is 2. The van der Waals surface area contributed by atoms with Crippen LogP contribution in [0.25, 0.3) is 21.8 Å². The van der Waals surface area contributed by atoms with Gasteiger partial charge in [-0.15, -0.1) is 11.3 Å². The lowest BCUT2D eigenvalue weighted by molar-refractivity contribution is 0.409. The molecule has 0 atom stereocenters. The van der Waals surface area contributed by atoms with Crippen molar-refractivity contribution in [2.45, 2.75) is 0 Å². The molecule has 0 radical (unpaired) electrons. The van der Waals surface area contributed by atoms with Gasteiger partial charge >= 0.3 is 0 Å².